The molecule has 0 unspecified atom stereocenters. The van der Waals surface area contributed by atoms with Crippen molar-refractivity contribution in [1.82, 2.24) is 45.9 Å². The van der Waals surface area contributed by atoms with Crippen molar-refractivity contribution in [1.29, 1.82) is 0 Å². The van der Waals surface area contributed by atoms with E-state index in [4.69, 9.17) is 14.5 Å². The molecule has 10 N–H and O–H groups in total. The van der Waals surface area contributed by atoms with Crippen LogP contribution in [0.1, 0.15) is 125 Å². The molecule has 0 bridgehead atoms. The molecule has 1 aromatic rings. The van der Waals surface area contributed by atoms with Crippen molar-refractivity contribution < 1.29 is 53.0 Å². The van der Waals surface area contributed by atoms with Gasteiger partial charge in [0.2, 0.25) is 17.7 Å². The third kappa shape index (κ3) is 25.0. The SMILES string of the molecule is CCN(CC)CC.CCN(CC)CC.O=C(CCCCCNC(=O)CCCC[C@@H]1SC[C@@H]2NC(=O)N[C@@H]21)NCCCCCC(=O)NCCNc1ccn([C@@H]2O[C@H](COP(=O)(O)O)[C@@H](O)[C@H]2O)c(=O)n1. The summed E-state index contributed by atoms with van der Waals surface area (Å²) in [6.45, 7) is 21.2. The van der Waals surface area contributed by atoms with Gasteiger partial charge in [0.05, 0.1) is 18.7 Å². The monoisotopic (exact) mass is 1020 g/mol. The fourth-order valence-corrected chi connectivity index (χ4v) is 9.76. The van der Waals surface area contributed by atoms with Gasteiger partial charge in [0.1, 0.15) is 24.1 Å². The zero-order valence-electron chi connectivity index (χ0n) is 41.9. The summed E-state index contributed by atoms with van der Waals surface area (Å²) in [6, 6.07) is 1.77. The number of urea groups is 1. The zero-order chi connectivity index (χ0) is 51.2. The predicted octanol–water partition coefficient (Wildman–Crippen LogP) is 2.28. The molecule has 24 heteroatoms. The van der Waals surface area contributed by atoms with Gasteiger partial charge in [-0.05, 0) is 83.9 Å². The number of fused-ring (bicyclic) bond motifs is 1. The summed E-state index contributed by atoms with van der Waals surface area (Å²) in [5, 5.41) is 38.3. The van der Waals surface area contributed by atoms with E-state index in [2.05, 4.69) is 92.8 Å². The molecule has 0 spiro atoms. The van der Waals surface area contributed by atoms with Crippen LogP contribution in [0.5, 0.6) is 0 Å². The molecule has 22 nitrogen and oxygen atoms in total. The lowest BCUT2D eigenvalue weighted by molar-refractivity contribution is -0.122. The van der Waals surface area contributed by atoms with Gasteiger partial charge in [-0.15, -0.1) is 0 Å². The molecule has 5 amide bonds. The topological polar surface area (TPSA) is 298 Å². The summed E-state index contributed by atoms with van der Waals surface area (Å²) in [7, 11) is -4.83. The highest BCUT2D eigenvalue weighted by Gasteiger charge is 2.45. The molecule has 69 heavy (non-hydrogen) atoms. The molecule has 3 aliphatic rings. The summed E-state index contributed by atoms with van der Waals surface area (Å²) in [4.78, 5) is 86.7. The second-order valence-corrected chi connectivity index (χ2v) is 19.6. The Balaban J connectivity index is 0.00000101. The smallest absolute Gasteiger partial charge is 0.387 e. The van der Waals surface area contributed by atoms with E-state index in [1.54, 1.807) is 0 Å². The van der Waals surface area contributed by atoms with Crippen LogP contribution in [-0.4, -0.2) is 177 Å². The maximum Gasteiger partial charge on any atom is 0.469 e. The number of nitrogens with zero attached hydrogens (tertiary/aromatic N) is 4. The number of anilines is 1. The third-order valence-corrected chi connectivity index (χ3v) is 14.2. The number of ether oxygens (including phenoxy) is 1. The van der Waals surface area contributed by atoms with Crippen LogP contribution in [0.3, 0.4) is 0 Å². The Labute approximate surface area is 413 Å². The van der Waals surface area contributed by atoms with Crippen molar-refractivity contribution in [3.63, 3.8) is 0 Å². The van der Waals surface area contributed by atoms with Gasteiger partial charge in [-0.2, -0.15) is 16.7 Å². The normalized spacial score (nSPS) is 21.6. The van der Waals surface area contributed by atoms with E-state index in [0.717, 1.165) is 61.7 Å². The summed E-state index contributed by atoms with van der Waals surface area (Å²) < 4.78 is 21.6. The molecule has 0 saturated carbocycles. The maximum absolute atomic E-state index is 12.5. The minimum absolute atomic E-state index is 0.0103. The van der Waals surface area contributed by atoms with Crippen LogP contribution in [-0.2, 0) is 28.2 Å². The molecule has 0 aromatic carbocycles. The molecule has 3 aliphatic heterocycles. The van der Waals surface area contributed by atoms with Gasteiger partial charge in [-0.25, -0.2) is 14.2 Å². The number of aromatic nitrogens is 2. The van der Waals surface area contributed by atoms with Crippen LogP contribution >= 0.6 is 19.6 Å². The first kappa shape index (κ1) is 61.7. The van der Waals surface area contributed by atoms with Crippen molar-refractivity contribution in [2.24, 2.45) is 0 Å². The van der Waals surface area contributed by atoms with E-state index in [0.29, 0.717) is 44.0 Å². The minimum Gasteiger partial charge on any atom is -0.387 e. The maximum atomic E-state index is 12.5. The summed E-state index contributed by atoms with van der Waals surface area (Å²) in [6.07, 6.45) is 4.11. The van der Waals surface area contributed by atoms with Crippen LogP contribution in [0.15, 0.2) is 17.1 Å². The quantitative estimate of drug-likeness (QED) is 0.0290. The summed E-state index contributed by atoms with van der Waals surface area (Å²) in [5.41, 5.74) is -0.813. The van der Waals surface area contributed by atoms with Crippen molar-refractivity contribution in [3.05, 3.63) is 22.7 Å². The van der Waals surface area contributed by atoms with E-state index < -0.39 is 44.7 Å². The number of phosphoric acid groups is 1. The summed E-state index contributed by atoms with van der Waals surface area (Å²) >= 11 is 1.88. The van der Waals surface area contributed by atoms with Gasteiger partial charge in [0, 0.05) is 62.6 Å². The number of unbranched alkanes of at least 4 members (excludes halogenated alkanes) is 5. The lowest BCUT2D eigenvalue weighted by atomic mass is 10.0. The Hall–Kier alpha value is -3.38. The molecule has 3 saturated heterocycles. The summed E-state index contributed by atoms with van der Waals surface area (Å²) in [5.74, 6) is 1.04. The van der Waals surface area contributed by atoms with Gasteiger partial charge < -0.3 is 66.4 Å². The molecule has 0 radical (unpaired) electrons. The number of hydrogen-bond acceptors (Lipinski definition) is 15. The fraction of sp³-hybridized carbons (Fsp3) is 0.822. The molecular formula is C45H85N10O12PS. The first-order valence-corrected chi connectivity index (χ1v) is 27.6. The van der Waals surface area contributed by atoms with Gasteiger partial charge in [-0.3, -0.25) is 23.5 Å². The van der Waals surface area contributed by atoms with Crippen LogP contribution in [0, 0.1) is 0 Å². The van der Waals surface area contributed by atoms with E-state index in [1.165, 1.54) is 51.5 Å². The first-order valence-electron chi connectivity index (χ1n) is 25.0. The number of carbonyl (C=O) groups excluding carboxylic acids is 4. The highest BCUT2D eigenvalue weighted by atomic mass is 32.2. The molecule has 1 aromatic heterocycles. The lowest BCUT2D eigenvalue weighted by Gasteiger charge is -2.17. The number of phosphoric ester groups is 1. The van der Waals surface area contributed by atoms with Gasteiger partial charge in [-0.1, -0.05) is 60.8 Å². The van der Waals surface area contributed by atoms with Gasteiger partial charge in [0.15, 0.2) is 6.23 Å². The molecule has 3 fully saturated rings. The Bertz CT molecular complexity index is 1720. The van der Waals surface area contributed by atoms with E-state index in [9.17, 15) is 38.8 Å². The van der Waals surface area contributed by atoms with Crippen LogP contribution in [0.25, 0.3) is 0 Å². The van der Waals surface area contributed by atoms with Crippen LogP contribution < -0.4 is 37.6 Å². The van der Waals surface area contributed by atoms with Crippen LogP contribution in [0.4, 0.5) is 10.6 Å². The van der Waals surface area contributed by atoms with Gasteiger partial charge >= 0.3 is 19.5 Å². The van der Waals surface area contributed by atoms with E-state index in [-0.39, 0.29) is 54.7 Å². The second kappa shape index (κ2) is 34.9. The average molecular weight is 1020 g/mol. The van der Waals surface area contributed by atoms with Crippen LogP contribution in [0.2, 0.25) is 0 Å². The predicted molar refractivity (Wildman–Crippen MR) is 268 cm³/mol. The number of rotatable bonds is 31. The Kier molecular flexibility index (Phi) is 31.2. The van der Waals surface area contributed by atoms with Crippen molar-refractivity contribution in [2.75, 3.05) is 83.1 Å². The molecular weight excluding hydrogens is 936 g/mol. The number of carbonyl (C=O) groups is 4. The standard InChI is InChI=1S/C33H55N8O12PS.2C6H15N/c42-25(10-3-1-7-15-36-26(43)12-6-5-9-23-28-21(20-55-23)38-32(47)40-28)35-14-8-2-4-11-27(44)37-17-16-34-24-13-18-41(33(48)39-24)31-30(46)29(45)22(53-31)19-52-54(49,50)51;2*1-4-7(5-2)6-3/h13,18,21-23,28-31,45-46H,1-12,14-17,19-20H2,(H,35,42)(H,36,43)(H,37,44)(H,34,39,48)(H2,38,40,47)(H2,49,50,51);2*4-6H2,1-3H3/t21-,22+,23-,28-,29+,30+,31+;;/m0../s1. The Morgan fingerprint density at radius 3 is 1.78 bits per heavy atom. The van der Waals surface area contributed by atoms with Crippen molar-refractivity contribution >= 4 is 49.2 Å². The van der Waals surface area contributed by atoms with Crippen molar-refractivity contribution in [2.45, 2.75) is 160 Å². The number of amides is 5. The molecule has 4 heterocycles. The Morgan fingerprint density at radius 2 is 1.29 bits per heavy atom. The molecule has 0 aliphatic carbocycles. The number of hydrogen-bond donors (Lipinski definition) is 10. The number of nitrogens with one attached hydrogen (secondary N) is 6. The highest BCUT2D eigenvalue weighted by Crippen LogP contribution is 2.38. The first-order chi connectivity index (χ1) is 33.0. The second-order valence-electron chi connectivity index (χ2n) is 17.0. The average Bonchev–Trinajstić information content (AvgIpc) is 3.97. The number of aliphatic hydroxyl groups is 2. The largest absolute Gasteiger partial charge is 0.469 e. The van der Waals surface area contributed by atoms with Gasteiger partial charge in [0.25, 0.3) is 0 Å². The van der Waals surface area contributed by atoms with E-state index >= 15 is 0 Å². The minimum atomic E-state index is -4.83. The highest BCUT2D eigenvalue weighted by molar-refractivity contribution is 8.00. The Morgan fingerprint density at radius 1 is 0.768 bits per heavy atom. The van der Waals surface area contributed by atoms with Crippen molar-refractivity contribution in [3.8, 4) is 0 Å². The zero-order valence-corrected chi connectivity index (χ0v) is 43.6. The molecule has 7 atom stereocenters. The number of aliphatic hydroxyl groups excluding tert-OH is 2. The lowest BCUT2D eigenvalue weighted by Crippen LogP contribution is -2.36. The molecule has 4 rings (SSSR count). The van der Waals surface area contributed by atoms with E-state index in [1.807, 2.05) is 11.8 Å². The number of thioether (sulfide) groups is 1. The fourth-order valence-electron chi connectivity index (χ4n) is 7.88. The molecule has 398 valence electrons. The third-order valence-electron chi connectivity index (χ3n) is 12.2.